The van der Waals surface area contributed by atoms with Gasteiger partial charge in [-0.3, -0.25) is 13.9 Å². The maximum atomic E-state index is 12.7. The van der Waals surface area contributed by atoms with E-state index in [0.29, 0.717) is 13.0 Å². The number of hydrogen-bond acceptors (Lipinski definition) is 6. The van der Waals surface area contributed by atoms with E-state index < -0.39 is 17.2 Å². The van der Waals surface area contributed by atoms with E-state index in [0.717, 1.165) is 16.6 Å². The molecule has 0 spiro atoms. The summed E-state index contributed by atoms with van der Waals surface area (Å²) in [4.78, 5) is 40.3. The van der Waals surface area contributed by atoms with Gasteiger partial charge in [0.1, 0.15) is 5.71 Å². The Bertz CT molecular complexity index is 1200. The lowest BCUT2D eigenvalue weighted by Crippen LogP contribution is -2.37. The van der Waals surface area contributed by atoms with Gasteiger partial charge in [0, 0.05) is 20.6 Å². The number of carboxylic acid groups (broad SMARTS) is 1. The maximum absolute atomic E-state index is 12.7. The van der Waals surface area contributed by atoms with Gasteiger partial charge in [0.25, 0.3) is 5.56 Å². The van der Waals surface area contributed by atoms with Crippen molar-refractivity contribution in [1.82, 2.24) is 18.7 Å². The number of aryl methyl sites for hydroxylation is 3. The summed E-state index contributed by atoms with van der Waals surface area (Å²) in [7, 11) is 2.94. The SMILES string of the molecule is C/C(=N/Nc1nc2c(c(=O)n(C)c(=O)n2C)n1CCCc1ccccc1)C(=O)O. The van der Waals surface area contributed by atoms with Crippen molar-refractivity contribution in [2.45, 2.75) is 26.3 Å². The van der Waals surface area contributed by atoms with Crippen LogP contribution in [-0.2, 0) is 31.9 Å². The summed E-state index contributed by atoms with van der Waals surface area (Å²) in [5, 5.41) is 12.8. The van der Waals surface area contributed by atoms with E-state index in [2.05, 4.69) is 15.5 Å². The molecule has 2 N–H and O–H groups in total. The summed E-state index contributed by atoms with van der Waals surface area (Å²) >= 11 is 0. The molecule has 1 aromatic carbocycles. The van der Waals surface area contributed by atoms with Crippen LogP contribution in [0.5, 0.6) is 0 Å². The quantitative estimate of drug-likeness (QED) is 0.451. The Morgan fingerprint density at radius 2 is 1.86 bits per heavy atom. The standard InChI is InChI=1S/C19H22N6O4/c1-12(17(27)28)21-22-18-20-15-14(16(26)24(3)19(29)23(15)2)25(18)11-7-10-13-8-5-4-6-9-13/h4-6,8-9H,7,10-11H2,1-3H3,(H,20,22)(H,27,28)/b21-12-. The molecule has 2 heterocycles. The number of nitrogens with one attached hydrogen (secondary N) is 1. The second-order valence-corrected chi connectivity index (χ2v) is 6.67. The lowest BCUT2D eigenvalue weighted by molar-refractivity contribution is -0.129. The molecule has 3 aromatic rings. The smallest absolute Gasteiger partial charge is 0.351 e. The largest absolute Gasteiger partial charge is 0.477 e. The molecular weight excluding hydrogens is 376 g/mol. The van der Waals surface area contributed by atoms with Gasteiger partial charge in [-0.1, -0.05) is 30.3 Å². The van der Waals surface area contributed by atoms with Gasteiger partial charge >= 0.3 is 11.7 Å². The molecule has 3 rings (SSSR count). The lowest BCUT2D eigenvalue weighted by atomic mass is 10.1. The highest BCUT2D eigenvalue weighted by atomic mass is 16.4. The Hall–Kier alpha value is -3.69. The number of rotatable bonds is 7. The minimum Gasteiger partial charge on any atom is -0.477 e. The Balaban J connectivity index is 2.04. The Labute approximate surface area is 165 Å². The van der Waals surface area contributed by atoms with Crippen LogP contribution in [-0.4, -0.2) is 35.5 Å². The lowest BCUT2D eigenvalue weighted by Gasteiger charge is -2.09. The minimum absolute atomic E-state index is 0.158. The van der Waals surface area contributed by atoms with Crippen molar-refractivity contribution in [2.75, 3.05) is 5.43 Å². The molecule has 10 heteroatoms. The van der Waals surface area contributed by atoms with Crippen molar-refractivity contribution in [3.63, 3.8) is 0 Å². The highest BCUT2D eigenvalue weighted by Crippen LogP contribution is 2.17. The fourth-order valence-corrected chi connectivity index (χ4v) is 3.02. The van der Waals surface area contributed by atoms with Crippen molar-refractivity contribution in [2.24, 2.45) is 19.2 Å². The molecule has 0 radical (unpaired) electrons. The molecular formula is C19H22N6O4. The Morgan fingerprint density at radius 1 is 1.17 bits per heavy atom. The van der Waals surface area contributed by atoms with Crippen molar-refractivity contribution in [3.05, 3.63) is 56.7 Å². The zero-order valence-electron chi connectivity index (χ0n) is 16.4. The third-order valence-electron chi connectivity index (χ3n) is 4.67. The number of benzene rings is 1. The van der Waals surface area contributed by atoms with Gasteiger partial charge in [-0.15, -0.1) is 0 Å². The predicted octanol–water partition coefficient (Wildman–Crippen LogP) is 0.939. The molecule has 0 bridgehead atoms. The van der Waals surface area contributed by atoms with E-state index in [9.17, 15) is 14.4 Å². The molecule has 29 heavy (non-hydrogen) atoms. The van der Waals surface area contributed by atoms with Crippen molar-refractivity contribution in [1.29, 1.82) is 0 Å². The van der Waals surface area contributed by atoms with Crippen LogP contribution in [0.2, 0.25) is 0 Å². The first-order chi connectivity index (χ1) is 13.8. The number of hydrazone groups is 1. The maximum Gasteiger partial charge on any atom is 0.351 e. The first kappa shape index (κ1) is 20.1. The van der Waals surface area contributed by atoms with Gasteiger partial charge in [0.05, 0.1) is 0 Å². The van der Waals surface area contributed by atoms with Gasteiger partial charge in [-0.25, -0.2) is 15.0 Å². The van der Waals surface area contributed by atoms with Gasteiger partial charge in [0.15, 0.2) is 11.2 Å². The van der Waals surface area contributed by atoms with Crippen LogP contribution < -0.4 is 16.7 Å². The van der Waals surface area contributed by atoms with Crippen LogP contribution in [0.4, 0.5) is 5.95 Å². The van der Waals surface area contributed by atoms with Crippen molar-refractivity contribution < 1.29 is 9.90 Å². The van der Waals surface area contributed by atoms with E-state index in [-0.39, 0.29) is 22.8 Å². The summed E-state index contributed by atoms with van der Waals surface area (Å²) < 4.78 is 3.94. The first-order valence-corrected chi connectivity index (χ1v) is 9.05. The molecule has 0 saturated carbocycles. The normalized spacial score (nSPS) is 11.8. The second kappa shape index (κ2) is 8.13. The van der Waals surface area contributed by atoms with Gasteiger partial charge in [-0.05, 0) is 25.3 Å². The third kappa shape index (κ3) is 3.96. The van der Waals surface area contributed by atoms with Crippen LogP contribution in [0.3, 0.4) is 0 Å². The topological polar surface area (TPSA) is 124 Å². The molecule has 0 aliphatic heterocycles. The summed E-state index contributed by atoms with van der Waals surface area (Å²) in [5.41, 5.74) is 3.13. The number of anilines is 1. The van der Waals surface area contributed by atoms with Crippen molar-refractivity contribution in [3.8, 4) is 0 Å². The zero-order chi connectivity index (χ0) is 21.1. The molecule has 0 aliphatic rings. The van der Waals surface area contributed by atoms with E-state index >= 15 is 0 Å². The van der Waals surface area contributed by atoms with Crippen LogP contribution in [0.15, 0.2) is 45.0 Å². The molecule has 0 atom stereocenters. The summed E-state index contributed by atoms with van der Waals surface area (Å²) in [5.74, 6) is -0.973. The van der Waals surface area contributed by atoms with E-state index in [1.807, 2.05) is 30.3 Å². The summed E-state index contributed by atoms with van der Waals surface area (Å²) in [6, 6.07) is 9.92. The fourth-order valence-electron chi connectivity index (χ4n) is 3.02. The average Bonchev–Trinajstić information content (AvgIpc) is 3.08. The minimum atomic E-state index is -1.17. The average molecular weight is 398 g/mol. The van der Waals surface area contributed by atoms with Crippen LogP contribution in [0.25, 0.3) is 11.2 Å². The molecule has 10 nitrogen and oxygen atoms in total. The molecule has 2 aromatic heterocycles. The summed E-state index contributed by atoms with van der Waals surface area (Å²) in [6.07, 6.45) is 1.49. The van der Waals surface area contributed by atoms with E-state index in [1.54, 1.807) is 4.57 Å². The van der Waals surface area contributed by atoms with Gasteiger partial charge < -0.3 is 9.67 Å². The monoisotopic (exact) mass is 398 g/mol. The van der Waals surface area contributed by atoms with Crippen molar-refractivity contribution >= 4 is 28.8 Å². The molecule has 0 fully saturated rings. The van der Waals surface area contributed by atoms with Gasteiger partial charge in [-0.2, -0.15) is 10.1 Å². The fraction of sp³-hybridized carbons (Fsp3) is 0.316. The highest BCUT2D eigenvalue weighted by molar-refractivity contribution is 6.34. The van der Waals surface area contributed by atoms with Crippen LogP contribution in [0, 0.1) is 0 Å². The second-order valence-electron chi connectivity index (χ2n) is 6.67. The molecule has 152 valence electrons. The number of carbonyl (C=O) groups is 1. The zero-order valence-corrected chi connectivity index (χ0v) is 16.4. The summed E-state index contributed by atoms with van der Waals surface area (Å²) in [6.45, 7) is 1.77. The first-order valence-electron chi connectivity index (χ1n) is 9.05. The Morgan fingerprint density at radius 3 is 2.52 bits per heavy atom. The highest BCUT2D eigenvalue weighted by Gasteiger charge is 2.19. The number of nitrogens with zero attached hydrogens (tertiary/aromatic N) is 5. The number of aromatic nitrogens is 4. The van der Waals surface area contributed by atoms with Crippen LogP contribution in [0.1, 0.15) is 18.9 Å². The number of fused-ring (bicyclic) bond motifs is 1. The molecule has 0 unspecified atom stereocenters. The molecule has 0 amide bonds. The van der Waals surface area contributed by atoms with Gasteiger partial charge in [0.2, 0.25) is 5.95 Å². The van der Waals surface area contributed by atoms with E-state index in [4.69, 9.17) is 5.11 Å². The molecule has 0 saturated heterocycles. The van der Waals surface area contributed by atoms with E-state index in [1.165, 1.54) is 25.6 Å². The number of hydrogen-bond donors (Lipinski definition) is 2. The molecule has 0 aliphatic carbocycles. The number of carboxylic acids is 1. The number of aliphatic carboxylic acids is 1. The van der Waals surface area contributed by atoms with Crippen LogP contribution >= 0.6 is 0 Å². The third-order valence-corrected chi connectivity index (χ3v) is 4.67. The Kier molecular flexibility index (Phi) is 5.62. The number of imidazole rings is 1. The predicted molar refractivity (Wildman–Crippen MR) is 109 cm³/mol.